The minimum atomic E-state index is -3.67. The van der Waals surface area contributed by atoms with E-state index in [0.29, 0.717) is 6.26 Å². The summed E-state index contributed by atoms with van der Waals surface area (Å²) < 4.78 is 25.9. The first-order valence-corrected chi connectivity index (χ1v) is 8.26. The minimum Gasteiger partial charge on any atom is -0.412 e. The topological polar surface area (TPSA) is 142 Å². The molecule has 0 saturated heterocycles. The van der Waals surface area contributed by atoms with Crippen molar-refractivity contribution in [3.8, 4) is 11.3 Å². The Kier molecular flexibility index (Phi) is 8.09. The molecule has 8 heteroatoms. The number of carbonyl (C=O) groups is 1. The smallest absolute Gasteiger partial charge is 0.261 e. The molecule has 1 amide bonds. The number of carbonyl (C=O) groups excluding carboxylic acids is 1. The third-order valence-corrected chi connectivity index (χ3v) is 2.80. The second-order valence-electron chi connectivity index (χ2n) is 4.69. The first-order chi connectivity index (χ1) is 10.2. The maximum atomic E-state index is 11.1. The van der Waals surface area contributed by atoms with Gasteiger partial charge in [-0.05, 0) is 24.6 Å². The average molecular weight is 340 g/mol. The lowest BCUT2D eigenvalue weighted by atomic mass is 9.98. The van der Waals surface area contributed by atoms with Crippen LogP contribution in [0.3, 0.4) is 0 Å². The number of amides is 1. The van der Waals surface area contributed by atoms with Crippen molar-refractivity contribution in [1.82, 2.24) is 4.98 Å². The molecule has 0 aliphatic rings. The van der Waals surface area contributed by atoms with E-state index >= 15 is 0 Å². The van der Waals surface area contributed by atoms with Crippen molar-refractivity contribution < 1.29 is 23.2 Å². The van der Waals surface area contributed by atoms with Gasteiger partial charge in [-0.3, -0.25) is 14.3 Å². The van der Waals surface area contributed by atoms with Gasteiger partial charge in [0, 0.05) is 11.8 Å². The number of benzene rings is 1. The molecule has 2 rings (SSSR count). The summed E-state index contributed by atoms with van der Waals surface area (Å²) in [6, 6.07) is 13.5. The molecule has 0 fully saturated rings. The predicted octanol–water partition coefficient (Wildman–Crippen LogP) is 1.02. The Labute approximate surface area is 135 Å². The zero-order valence-electron chi connectivity index (χ0n) is 12.8. The van der Waals surface area contributed by atoms with Crippen LogP contribution in [0.4, 0.5) is 0 Å². The fourth-order valence-corrected chi connectivity index (χ4v) is 1.64. The third-order valence-electron chi connectivity index (χ3n) is 2.80. The maximum Gasteiger partial charge on any atom is 0.261 e. The van der Waals surface area contributed by atoms with E-state index in [9.17, 15) is 13.2 Å². The first kappa shape index (κ1) is 20.7. The summed E-state index contributed by atoms with van der Waals surface area (Å²) in [5, 5.41) is 0. The quantitative estimate of drug-likeness (QED) is 0.802. The number of rotatable bonds is 3. The van der Waals surface area contributed by atoms with Crippen LogP contribution in [0.25, 0.3) is 11.3 Å². The summed E-state index contributed by atoms with van der Waals surface area (Å²) in [6.45, 7) is 1.80. The largest absolute Gasteiger partial charge is 0.412 e. The maximum absolute atomic E-state index is 11.1. The summed E-state index contributed by atoms with van der Waals surface area (Å²) in [4.78, 5) is 15.3. The number of pyridine rings is 1. The fraction of sp³-hybridized carbons (Fsp3) is 0.200. The molecule has 5 N–H and O–H groups in total. The zero-order valence-corrected chi connectivity index (χ0v) is 13.6. The summed E-state index contributed by atoms with van der Waals surface area (Å²) in [5.41, 5.74) is 8.15. The Morgan fingerprint density at radius 2 is 1.70 bits per heavy atom. The molecule has 0 bridgehead atoms. The second-order valence-corrected chi connectivity index (χ2v) is 6.16. The fourth-order valence-electron chi connectivity index (χ4n) is 1.64. The van der Waals surface area contributed by atoms with Crippen LogP contribution in [0.5, 0.6) is 0 Å². The Bertz CT molecular complexity index is 707. The SMILES string of the molecule is CC(C(N)=O)c1ccc(-c2ccccn2)cc1.CS(=O)(=O)O.O. The van der Waals surface area contributed by atoms with Gasteiger partial charge in [-0.15, -0.1) is 0 Å². The minimum absolute atomic E-state index is 0. The van der Waals surface area contributed by atoms with Crippen molar-refractivity contribution in [1.29, 1.82) is 0 Å². The van der Waals surface area contributed by atoms with E-state index in [-0.39, 0.29) is 17.3 Å². The van der Waals surface area contributed by atoms with Crippen LogP contribution in [-0.4, -0.2) is 35.6 Å². The molecule has 7 nitrogen and oxygen atoms in total. The highest BCUT2D eigenvalue weighted by molar-refractivity contribution is 7.85. The first-order valence-electron chi connectivity index (χ1n) is 6.41. The molecule has 1 heterocycles. The lowest BCUT2D eigenvalue weighted by molar-refractivity contribution is -0.119. The molecule has 1 unspecified atom stereocenters. The second kappa shape index (κ2) is 8.99. The molecule has 1 aromatic heterocycles. The Morgan fingerprint density at radius 1 is 1.17 bits per heavy atom. The summed E-state index contributed by atoms with van der Waals surface area (Å²) in [5.74, 6) is -0.566. The number of hydrogen-bond donors (Lipinski definition) is 2. The number of primary amides is 1. The highest BCUT2D eigenvalue weighted by Crippen LogP contribution is 2.20. The molecule has 1 aromatic carbocycles. The van der Waals surface area contributed by atoms with Crippen LogP contribution < -0.4 is 5.73 Å². The molecule has 126 valence electrons. The van der Waals surface area contributed by atoms with E-state index in [1.165, 1.54) is 0 Å². The molecule has 23 heavy (non-hydrogen) atoms. The van der Waals surface area contributed by atoms with Crippen LogP contribution >= 0.6 is 0 Å². The van der Waals surface area contributed by atoms with Gasteiger partial charge < -0.3 is 11.2 Å². The van der Waals surface area contributed by atoms with Gasteiger partial charge in [-0.25, -0.2) is 0 Å². The highest BCUT2D eigenvalue weighted by Gasteiger charge is 2.11. The molecule has 1 atom stereocenters. The van der Waals surface area contributed by atoms with Crippen molar-refractivity contribution in [3.05, 3.63) is 54.2 Å². The lowest BCUT2D eigenvalue weighted by Crippen LogP contribution is -2.18. The summed E-state index contributed by atoms with van der Waals surface area (Å²) in [6.07, 6.45) is 2.47. The van der Waals surface area contributed by atoms with Gasteiger partial charge in [0.1, 0.15) is 0 Å². The zero-order chi connectivity index (χ0) is 16.8. The number of nitrogens with zero attached hydrogens (tertiary/aromatic N) is 1. The van der Waals surface area contributed by atoms with Gasteiger partial charge in [0.15, 0.2) is 0 Å². The van der Waals surface area contributed by atoms with Crippen LogP contribution in [-0.2, 0) is 14.9 Å². The van der Waals surface area contributed by atoms with Crippen molar-refractivity contribution in [2.24, 2.45) is 5.73 Å². The molecule has 2 aromatic rings. The van der Waals surface area contributed by atoms with Gasteiger partial charge in [-0.2, -0.15) is 8.42 Å². The van der Waals surface area contributed by atoms with Crippen molar-refractivity contribution in [2.75, 3.05) is 6.26 Å². The molecule has 0 saturated carbocycles. The summed E-state index contributed by atoms with van der Waals surface area (Å²) in [7, 11) is -3.67. The Hall–Kier alpha value is -2.29. The van der Waals surface area contributed by atoms with Gasteiger partial charge >= 0.3 is 0 Å². The van der Waals surface area contributed by atoms with Crippen LogP contribution in [0.2, 0.25) is 0 Å². The molecule has 0 aliphatic carbocycles. The monoisotopic (exact) mass is 340 g/mol. The van der Waals surface area contributed by atoms with Crippen molar-refractivity contribution >= 4 is 16.0 Å². The number of hydrogen-bond acceptors (Lipinski definition) is 4. The Morgan fingerprint density at radius 3 is 2.09 bits per heavy atom. The molecular formula is C15H20N2O5S. The molecule has 0 aliphatic heterocycles. The number of nitrogens with two attached hydrogens (primary N) is 1. The van der Waals surface area contributed by atoms with Crippen molar-refractivity contribution in [2.45, 2.75) is 12.8 Å². The van der Waals surface area contributed by atoms with Gasteiger partial charge in [-0.1, -0.05) is 30.3 Å². The number of aromatic nitrogens is 1. The lowest BCUT2D eigenvalue weighted by Gasteiger charge is -2.08. The Balaban J connectivity index is 0.000000709. The third kappa shape index (κ3) is 8.05. The van der Waals surface area contributed by atoms with Crippen LogP contribution in [0, 0.1) is 0 Å². The van der Waals surface area contributed by atoms with Gasteiger partial charge in [0.2, 0.25) is 5.91 Å². The average Bonchev–Trinajstić information content (AvgIpc) is 2.46. The van der Waals surface area contributed by atoms with Crippen molar-refractivity contribution in [3.63, 3.8) is 0 Å². The van der Waals surface area contributed by atoms with E-state index in [1.807, 2.05) is 42.5 Å². The van der Waals surface area contributed by atoms with Gasteiger partial charge in [0.25, 0.3) is 10.1 Å². The van der Waals surface area contributed by atoms with Crippen LogP contribution in [0.1, 0.15) is 18.4 Å². The van der Waals surface area contributed by atoms with E-state index in [2.05, 4.69) is 4.98 Å². The molecule has 0 spiro atoms. The summed E-state index contributed by atoms with van der Waals surface area (Å²) >= 11 is 0. The van der Waals surface area contributed by atoms with Crippen LogP contribution in [0.15, 0.2) is 48.7 Å². The highest BCUT2D eigenvalue weighted by atomic mass is 32.2. The van der Waals surface area contributed by atoms with E-state index < -0.39 is 10.1 Å². The van der Waals surface area contributed by atoms with E-state index in [0.717, 1.165) is 16.8 Å². The predicted molar refractivity (Wildman–Crippen MR) is 88.4 cm³/mol. The molecular weight excluding hydrogens is 320 g/mol. The normalized spacial score (nSPS) is 11.4. The van der Waals surface area contributed by atoms with E-state index in [4.69, 9.17) is 10.3 Å². The molecule has 0 radical (unpaired) electrons. The van der Waals surface area contributed by atoms with E-state index in [1.54, 1.807) is 13.1 Å². The van der Waals surface area contributed by atoms with Gasteiger partial charge in [0.05, 0.1) is 17.9 Å². The standard InChI is InChI=1S/C14H14N2O.CH4O3S.H2O/c1-10(14(15)17)11-5-7-12(8-6-11)13-4-2-3-9-16-13;1-5(2,3)4;/h2-10H,1H3,(H2,15,17);1H3,(H,2,3,4);1H2.